The summed E-state index contributed by atoms with van der Waals surface area (Å²) in [5, 5.41) is 0. The quantitative estimate of drug-likeness (QED) is 0.729. The van der Waals surface area contributed by atoms with E-state index in [-0.39, 0.29) is 11.9 Å². The Morgan fingerprint density at radius 2 is 2.11 bits per heavy atom. The number of hydrogen-bond acceptors (Lipinski definition) is 2. The minimum absolute atomic E-state index is 0.0728. The maximum Gasteiger partial charge on any atom is 0.222 e. The van der Waals surface area contributed by atoms with Gasteiger partial charge < -0.3 is 10.6 Å². The first-order valence-corrected chi connectivity index (χ1v) is 6.81. The van der Waals surface area contributed by atoms with Gasteiger partial charge in [0, 0.05) is 25.6 Å². The SMILES string of the molecule is C=CCN(CCc1ccccc1)C(=O)CCC(C)N. The number of nitrogens with two attached hydrogens (primary N) is 1. The number of rotatable bonds is 8. The largest absolute Gasteiger partial charge is 0.339 e. The van der Waals surface area contributed by atoms with E-state index >= 15 is 0 Å². The first kappa shape index (κ1) is 15.4. The minimum Gasteiger partial charge on any atom is -0.339 e. The summed E-state index contributed by atoms with van der Waals surface area (Å²) in [5.74, 6) is 0.160. The molecule has 0 aliphatic rings. The van der Waals surface area contributed by atoms with Gasteiger partial charge in [-0.05, 0) is 25.3 Å². The maximum atomic E-state index is 12.1. The van der Waals surface area contributed by atoms with Crippen molar-refractivity contribution in [3.8, 4) is 0 Å². The summed E-state index contributed by atoms with van der Waals surface area (Å²) >= 11 is 0. The van der Waals surface area contributed by atoms with Gasteiger partial charge in [-0.15, -0.1) is 6.58 Å². The molecular formula is C16H24N2O. The second kappa shape index (κ2) is 8.48. The second-order valence-corrected chi connectivity index (χ2v) is 4.88. The van der Waals surface area contributed by atoms with Crippen molar-refractivity contribution < 1.29 is 4.79 Å². The van der Waals surface area contributed by atoms with Crippen LogP contribution in [0, 0.1) is 0 Å². The summed E-state index contributed by atoms with van der Waals surface area (Å²) in [4.78, 5) is 13.9. The third-order valence-corrected chi connectivity index (χ3v) is 3.03. The standard InChI is InChI=1S/C16H24N2O/c1-3-12-18(16(19)10-9-14(2)17)13-11-15-7-5-4-6-8-15/h3-8,14H,1,9-13,17H2,2H3. The molecule has 0 radical (unpaired) electrons. The molecule has 2 N–H and O–H groups in total. The van der Waals surface area contributed by atoms with E-state index in [1.165, 1.54) is 5.56 Å². The van der Waals surface area contributed by atoms with Gasteiger partial charge in [-0.25, -0.2) is 0 Å². The number of benzene rings is 1. The van der Waals surface area contributed by atoms with E-state index < -0.39 is 0 Å². The van der Waals surface area contributed by atoms with Crippen molar-refractivity contribution in [3.63, 3.8) is 0 Å². The van der Waals surface area contributed by atoms with E-state index in [1.54, 1.807) is 6.08 Å². The van der Waals surface area contributed by atoms with Gasteiger partial charge in [0.2, 0.25) is 5.91 Å². The van der Waals surface area contributed by atoms with Crippen LogP contribution in [0.4, 0.5) is 0 Å². The van der Waals surface area contributed by atoms with Crippen LogP contribution in [-0.2, 0) is 11.2 Å². The number of hydrogen-bond donors (Lipinski definition) is 1. The number of amides is 1. The predicted octanol–water partition coefficient (Wildman–Crippen LogP) is 2.37. The van der Waals surface area contributed by atoms with Crippen molar-refractivity contribution >= 4 is 5.91 Å². The average molecular weight is 260 g/mol. The first-order chi connectivity index (χ1) is 9.13. The summed E-state index contributed by atoms with van der Waals surface area (Å²) in [6, 6.07) is 10.3. The Bertz CT molecular complexity index is 387. The van der Waals surface area contributed by atoms with Crippen molar-refractivity contribution in [2.24, 2.45) is 5.73 Å². The lowest BCUT2D eigenvalue weighted by Gasteiger charge is -2.21. The van der Waals surface area contributed by atoms with E-state index in [0.29, 0.717) is 13.0 Å². The van der Waals surface area contributed by atoms with E-state index in [9.17, 15) is 4.79 Å². The van der Waals surface area contributed by atoms with Gasteiger partial charge in [-0.1, -0.05) is 36.4 Å². The number of nitrogens with zero attached hydrogens (tertiary/aromatic N) is 1. The van der Waals surface area contributed by atoms with Crippen LogP contribution in [0.3, 0.4) is 0 Å². The number of carbonyl (C=O) groups is 1. The lowest BCUT2D eigenvalue weighted by molar-refractivity contribution is -0.130. The Labute approximate surface area is 116 Å². The van der Waals surface area contributed by atoms with Gasteiger partial charge in [-0.3, -0.25) is 4.79 Å². The minimum atomic E-state index is 0.0728. The summed E-state index contributed by atoms with van der Waals surface area (Å²) in [5.41, 5.74) is 6.94. The zero-order valence-electron chi connectivity index (χ0n) is 11.7. The predicted molar refractivity (Wildman–Crippen MR) is 79.8 cm³/mol. The van der Waals surface area contributed by atoms with Crippen LogP contribution in [0.25, 0.3) is 0 Å². The Balaban J connectivity index is 2.47. The molecule has 3 nitrogen and oxygen atoms in total. The van der Waals surface area contributed by atoms with Gasteiger partial charge in [0.1, 0.15) is 0 Å². The fraction of sp³-hybridized carbons (Fsp3) is 0.438. The van der Waals surface area contributed by atoms with Crippen LogP contribution in [0.2, 0.25) is 0 Å². The van der Waals surface area contributed by atoms with Crippen LogP contribution in [0.15, 0.2) is 43.0 Å². The zero-order chi connectivity index (χ0) is 14.1. The molecule has 1 amide bonds. The van der Waals surface area contributed by atoms with Crippen molar-refractivity contribution in [2.75, 3.05) is 13.1 Å². The first-order valence-electron chi connectivity index (χ1n) is 6.81. The third kappa shape index (κ3) is 6.20. The highest BCUT2D eigenvalue weighted by Gasteiger charge is 2.12. The van der Waals surface area contributed by atoms with Crippen molar-refractivity contribution in [1.82, 2.24) is 4.90 Å². The van der Waals surface area contributed by atoms with Gasteiger partial charge in [0.15, 0.2) is 0 Å². The molecular weight excluding hydrogens is 236 g/mol. The monoisotopic (exact) mass is 260 g/mol. The van der Waals surface area contributed by atoms with Crippen LogP contribution in [-0.4, -0.2) is 29.9 Å². The van der Waals surface area contributed by atoms with Crippen LogP contribution >= 0.6 is 0 Å². The summed E-state index contributed by atoms with van der Waals surface area (Å²) in [6.07, 6.45) is 3.89. The third-order valence-electron chi connectivity index (χ3n) is 3.03. The number of carbonyl (C=O) groups excluding carboxylic acids is 1. The molecule has 19 heavy (non-hydrogen) atoms. The molecule has 0 spiro atoms. The smallest absolute Gasteiger partial charge is 0.222 e. The highest BCUT2D eigenvalue weighted by molar-refractivity contribution is 5.76. The topological polar surface area (TPSA) is 46.3 Å². The van der Waals surface area contributed by atoms with Gasteiger partial charge in [0.25, 0.3) is 0 Å². The maximum absolute atomic E-state index is 12.1. The lowest BCUT2D eigenvalue weighted by Crippen LogP contribution is -2.34. The van der Waals surface area contributed by atoms with E-state index in [1.807, 2.05) is 30.0 Å². The van der Waals surface area contributed by atoms with Gasteiger partial charge >= 0.3 is 0 Å². The van der Waals surface area contributed by atoms with Gasteiger partial charge in [-0.2, -0.15) is 0 Å². The molecule has 0 aliphatic heterocycles. The lowest BCUT2D eigenvalue weighted by atomic mass is 10.1. The molecule has 1 unspecified atom stereocenters. The second-order valence-electron chi connectivity index (χ2n) is 4.88. The summed E-state index contributed by atoms with van der Waals surface area (Å²) < 4.78 is 0. The van der Waals surface area contributed by atoms with Gasteiger partial charge in [0.05, 0.1) is 0 Å². The molecule has 0 aliphatic carbocycles. The molecule has 1 atom stereocenters. The molecule has 1 rings (SSSR count). The van der Waals surface area contributed by atoms with Crippen molar-refractivity contribution in [3.05, 3.63) is 48.6 Å². The molecule has 3 heteroatoms. The highest BCUT2D eigenvalue weighted by atomic mass is 16.2. The summed E-state index contributed by atoms with van der Waals surface area (Å²) in [7, 11) is 0. The van der Waals surface area contributed by atoms with E-state index in [0.717, 1.165) is 19.4 Å². The fourth-order valence-corrected chi connectivity index (χ4v) is 1.89. The molecule has 0 saturated heterocycles. The van der Waals surface area contributed by atoms with Crippen LogP contribution in [0.5, 0.6) is 0 Å². The van der Waals surface area contributed by atoms with Crippen LogP contribution in [0.1, 0.15) is 25.3 Å². The zero-order valence-corrected chi connectivity index (χ0v) is 11.7. The average Bonchev–Trinajstić information content (AvgIpc) is 2.42. The Kier molecular flexibility index (Phi) is 6.90. The Hall–Kier alpha value is -1.61. The molecule has 1 aromatic carbocycles. The summed E-state index contributed by atoms with van der Waals surface area (Å²) in [6.45, 7) is 6.97. The fourth-order valence-electron chi connectivity index (χ4n) is 1.89. The molecule has 104 valence electrons. The molecule has 0 saturated carbocycles. The van der Waals surface area contributed by atoms with E-state index in [4.69, 9.17) is 5.73 Å². The van der Waals surface area contributed by atoms with Crippen LogP contribution < -0.4 is 5.73 Å². The Morgan fingerprint density at radius 3 is 2.68 bits per heavy atom. The highest BCUT2D eigenvalue weighted by Crippen LogP contribution is 2.05. The molecule has 0 bridgehead atoms. The molecule has 0 fully saturated rings. The Morgan fingerprint density at radius 1 is 1.42 bits per heavy atom. The molecule has 0 aromatic heterocycles. The van der Waals surface area contributed by atoms with Crippen molar-refractivity contribution in [2.45, 2.75) is 32.2 Å². The van der Waals surface area contributed by atoms with Crippen molar-refractivity contribution in [1.29, 1.82) is 0 Å². The molecule has 0 heterocycles. The molecule has 1 aromatic rings. The normalized spacial score (nSPS) is 11.9. The van der Waals surface area contributed by atoms with E-state index in [2.05, 4.69) is 18.7 Å².